The number of aromatic amines is 1. The zero-order valence-electron chi connectivity index (χ0n) is 22.9. The SMILES string of the molecule is CC(C)C(N)C(=O)NC(Cc1c[nH]c2ccccc12)C(=O)NC(Cc1ccccc1)C(=O)NC(CC(N)=O)C(=O)O. The van der Waals surface area contributed by atoms with Gasteiger partial charge >= 0.3 is 5.97 Å². The van der Waals surface area contributed by atoms with Gasteiger partial charge in [-0.1, -0.05) is 62.4 Å². The van der Waals surface area contributed by atoms with E-state index in [2.05, 4.69) is 20.9 Å². The summed E-state index contributed by atoms with van der Waals surface area (Å²) in [6, 6.07) is 11.5. The molecule has 0 aliphatic heterocycles. The van der Waals surface area contributed by atoms with Crippen LogP contribution in [0.1, 0.15) is 31.4 Å². The van der Waals surface area contributed by atoms with Crippen LogP contribution in [0.15, 0.2) is 60.8 Å². The second kappa shape index (κ2) is 14.1. The zero-order chi connectivity index (χ0) is 30.1. The van der Waals surface area contributed by atoms with Crippen LogP contribution >= 0.6 is 0 Å². The molecule has 41 heavy (non-hydrogen) atoms. The number of carboxylic acids is 1. The highest BCUT2D eigenvalue weighted by Gasteiger charge is 2.32. The molecule has 3 rings (SSSR count). The van der Waals surface area contributed by atoms with Crippen molar-refractivity contribution < 1.29 is 29.1 Å². The first-order valence-corrected chi connectivity index (χ1v) is 13.2. The highest BCUT2D eigenvalue weighted by atomic mass is 16.4. The van der Waals surface area contributed by atoms with Crippen LogP contribution in [0.3, 0.4) is 0 Å². The summed E-state index contributed by atoms with van der Waals surface area (Å²) in [7, 11) is 0. The number of hydrogen-bond donors (Lipinski definition) is 7. The van der Waals surface area contributed by atoms with Crippen LogP contribution in [0.2, 0.25) is 0 Å². The van der Waals surface area contributed by atoms with Gasteiger partial charge in [-0.25, -0.2) is 4.79 Å². The minimum atomic E-state index is -1.58. The number of aliphatic carboxylic acids is 1. The molecular formula is C29H36N6O6. The van der Waals surface area contributed by atoms with E-state index >= 15 is 0 Å². The lowest BCUT2D eigenvalue weighted by molar-refractivity contribution is -0.143. The van der Waals surface area contributed by atoms with Gasteiger partial charge < -0.3 is 37.5 Å². The number of hydrogen-bond acceptors (Lipinski definition) is 6. The van der Waals surface area contributed by atoms with Gasteiger partial charge in [-0.2, -0.15) is 0 Å². The van der Waals surface area contributed by atoms with E-state index in [1.165, 1.54) is 0 Å². The molecular weight excluding hydrogens is 528 g/mol. The summed E-state index contributed by atoms with van der Waals surface area (Å²) in [5.74, 6) is -4.58. The standard InChI is InChI=1S/C29H36N6O6/c1-16(2)25(31)28(39)34-22(13-18-15-32-20-11-7-6-10-19(18)20)27(38)33-21(12-17-8-4-3-5-9-17)26(37)35-23(29(40)41)14-24(30)36/h3-11,15-16,21-23,25,32H,12-14,31H2,1-2H3,(H2,30,36)(H,33,38)(H,34,39)(H,35,37)(H,40,41). The van der Waals surface area contributed by atoms with Gasteiger partial charge in [0.05, 0.1) is 12.5 Å². The lowest BCUT2D eigenvalue weighted by atomic mass is 10.00. The topological polar surface area (TPSA) is 209 Å². The lowest BCUT2D eigenvalue weighted by Crippen LogP contribution is -2.58. The Morgan fingerprint density at radius 2 is 1.37 bits per heavy atom. The summed E-state index contributed by atoms with van der Waals surface area (Å²) in [5.41, 5.74) is 13.5. The number of carbonyl (C=O) groups is 5. The van der Waals surface area contributed by atoms with Crippen LogP contribution in [-0.4, -0.2) is 63.9 Å². The van der Waals surface area contributed by atoms with Gasteiger partial charge in [-0.05, 0) is 23.1 Å². The van der Waals surface area contributed by atoms with E-state index in [0.29, 0.717) is 5.56 Å². The predicted molar refractivity (Wildman–Crippen MR) is 152 cm³/mol. The number of benzene rings is 2. The number of fused-ring (bicyclic) bond motifs is 1. The number of aromatic nitrogens is 1. The van der Waals surface area contributed by atoms with Crippen molar-refractivity contribution in [1.82, 2.24) is 20.9 Å². The van der Waals surface area contributed by atoms with Gasteiger partial charge in [0.2, 0.25) is 23.6 Å². The smallest absolute Gasteiger partial charge is 0.326 e. The monoisotopic (exact) mass is 564 g/mol. The van der Waals surface area contributed by atoms with E-state index in [4.69, 9.17) is 11.5 Å². The van der Waals surface area contributed by atoms with Crippen LogP contribution < -0.4 is 27.4 Å². The predicted octanol–water partition coefficient (Wildman–Crippen LogP) is 0.351. The number of H-pyrrole nitrogens is 1. The average molecular weight is 565 g/mol. The fourth-order valence-corrected chi connectivity index (χ4v) is 4.31. The molecule has 1 heterocycles. The van der Waals surface area contributed by atoms with Crippen molar-refractivity contribution in [2.24, 2.45) is 17.4 Å². The van der Waals surface area contributed by atoms with Crippen molar-refractivity contribution in [3.63, 3.8) is 0 Å². The number of primary amides is 1. The molecule has 0 radical (unpaired) electrons. The Balaban J connectivity index is 1.90. The molecule has 4 atom stereocenters. The maximum Gasteiger partial charge on any atom is 0.326 e. The van der Waals surface area contributed by atoms with Crippen molar-refractivity contribution >= 4 is 40.5 Å². The number of amides is 4. The Kier molecular flexibility index (Phi) is 10.6. The van der Waals surface area contributed by atoms with Crippen molar-refractivity contribution in [2.75, 3.05) is 0 Å². The fourth-order valence-electron chi connectivity index (χ4n) is 4.31. The summed E-state index contributed by atoms with van der Waals surface area (Å²) in [6.45, 7) is 3.56. The molecule has 4 amide bonds. The molecule has 3 aromatic rings. The van der Waals surface area contributed by atoms with Gasteiger partial charge in [-0.15, -0.1) is 0 Å². The van der Waals surface area contributed by atoms with Crippen LogP contribution in [0.5, 0.6) is 0 Å². The first-order valence-electron chi connectivity index (χ1n) is 13.2. The van der Waals surface area contributed by atoms with E-state index in [-0.39, 0.29) is 18.8 Å². The summed E-state index contributed by atoms with van der Waals surface area (Å²) in [6.07, 6.45) is 1.22. The highest BCUT2D eigenvalue weighted by molar-refractivity contribution is 5.95. The summed E-state index contributed by atoms with van der Waals surface area (Å²) in [5, 5.41) is 18.0. The summed E-state index contributed by atoms with van der Waals surface area (Å²) in [4.78, 5) is 66.0. The Bertz CT molecular complexity index is 1390. The second-order valence-electron chi connectivity index (χ2n) is 10.2. The molecule has 9 N–H and O–H groups in total. The molecule has 12 nitrogen and oxygen atoms in total. The van der Waals surface area contributed by atoms with Gasteiger partial charge in [0.25, 0.3) is 0 Å². The second-order valence-corrected chi connectivity index (χ2v) is 10.2. The van der Waals surface area contributed by atoms with Crippen LogP contribution in [0.4, 0.5) is 0 Å². The molecule has 0 spiro atoms. The van der Waals surface area contributed by atoms with Crippen LogP contribution in [-0.2, 0) is 36.8 Å². The van der Waals surface area contributed by atoms with Crippen LogP contribution in [0, 0.1) is 5.92 Å². The Hall–Kier alpha value is -4.71. The number of nitrogens with two attached hydrogens (primary N) is 2. The molecule has 0 saturated heterocycles. The molecule has 2 aromatic carbocycles. The first-order chi connectivity index (χ1) is 19.5. The number of carboxylic acid groups (broad SMARTS) is 1. The minimum Gasteiger partial charge on any atom is -0.480 e. The minimum absolute atomic E-state index is 0.0145. The molecule has 4 unspecified atom stereocenters. The molecule has 0 bridgehead atoms. The Labute approximate surface area is 237 Å². The number of nitrogens with one attached hydrogen (secondary N) is 4. The zero-order valence-corrected chi connectivity index (χ0v) is 22.9. The Morgan fingerprint density at radius 3 is 1.98 bits per heavy atom. The third-order valence-corrected chi connectivity index (χ3v) is 6.69. The molecule has 1 aromatic heterocycles. The van der Waals surface area contributed by atoms with E-state index in [1.54, 1.807) is 50.4 Å². The average Bonchev–Trinajstić information content (AvgIpc) is 3.34. The summed E-state index contributed by atoms with van der Waals surface area (Å²) < 4.78 is 0. The summed E-state index contributed by atoms with van der Waals surface area (Å²) >= 11 is 0. The van der Waals surface area contributed by atoms with Gasteiger partial charge in [0.15, 0.2) is 0 Å². The largest absolute Gasteiger partial charge is 0.480 e. The number of para-hydroxylation sites is 1. The lowest BCUT2D eigenvalue weighted by Gasteiger charge is -2.26. The van der Waals surface area contributed by atoms with E-state index in [9.17, 15) is 29.1 Å². The number of rotatable bonds is 14. The van der Waals surface area contributed by atoms with Crippen LogP contribution in [0.25, 0.3) is 10.9 Å². The van der Waals surface area contributed by atoms with Gasteiger partial charge in [0, 0.05) is 29.9 Å². The molecule has 0 aliphatic carbocycles. The third kappa shape index (κ3) is 8.64. The third-order valence-electron chi connectivity index (χ3n) is 6.69. The Morgan fingerprint density at radius 1 is 0.805 bits per heavy atom. The molecule has 12 heteroatoms. The fraction of sp³-hybridized carbons (Fsp3) is 0.345. The maximum atomic E-state index is 13.7. The maximum absolute atomic E-state index is 13.7. The quantitative estimate of drug-likeness (QED) is 0.146. The normalized spacial score (nSPS) is 14.0. The molecule has 218 valence electrons. The van der Waals surface area contributed by atoms with Crippen molar-refractivity contribution in [1.29, 1.82) is 0 Å². The van der Waals surface area contributed by atoms with Gasteiger partial charge in [-0.3, -0.25) is 19.2 Å². The molecule has 0 fully saturated rings. The van der Waals surface area contributed by atoms with E-state index in [0.717, 1.165) is 16.5 Å². The first kappa shape index (κ1) is 30.8. The van der Waals surface area contributed by atoms with Gasteiger partial charge in [0.1, 0.15) is 18.1 Å². The van der Waals surface area contributed by atoms with Crippen molar-refractivity contribution in [3.05, 3.63) is 71.9 Å². The number of carbonyl (C=O) groups excluding carboxylic acids is 4. The highest BCUT2D eigenvalue weighted by Crippen LogP contribution is 2.19. The van der Waals surface area contributed by atoms with E-state index in [1.807, 2.05) is 24.3 Å². The van der Waals surface area contributed by atoms with Crippen molar-refractivity contribution in [2.45, 2.75) is 57.3 Å². The van der Waals surface area contributed by atoms with E-state index < -0.39 is 60.2 Å². The molecule has 0 aliphatic rings. The molecule has 0 saturated carbocycles. The van der Waals surface area contributed by atoms with Crippen molar-refractivity contribution in [3.8, 4) is 0 Å².